The molecule has 0 bridgehead atoms. The van der Waals surface area contributed by atoms with Crippen LogP contribution in [0.2, 0.25) is 0 Å². The van der Waals surface area contributed by atoms with Crippen molar-refractivity contribution in [2.24, 2.45) is 0 Å². The lowest BCUT2D eigenvalue weighted by atomic mass is 10.1. The van der Waals surface area contributed by atoms with E-state index in [4.69, 9.17) is 0 Å². The Balaban J connectivity index is 2.02. The molecule has 2 rings (SSSR count). The standard InChI is InChI=1S/C17H20N2O3S2/c1-12-8-9-14(13(2)10-12)18-17(20)11-23-16-7-5-4-6-15(16)19-24(3,21)22/h4-10,19H,11H2,1-3H3,(H,18,20). The number of carbonyl (C=O) groups excluding carboxylic acids is 1. The van der Waals surface area contributed by atoms with Gasteiger partial charge >= 0.3 is 0 Å². The maximum absolute atomic E-state index is 12.1. The minimum Gasteiger partial charge on any atom is -0.325 e. The van der Waals surface area contributed by atoms with Gasteiger partial charge in [-0.15, -0.1) is 11.8 Å². The summed E-state index contributed by atoms with van der Waals surface area (Å²) in [5.74, 6) is 0.0524. The molecule has 0 aliphatic rings. The van der Waals surface area contributed by atoms with Crippen LogP contribution in [0.5, 0.6) is 0 Å². The van der Waals surface area contributed by atoms with Gasteiger partial charge in [-0.05, 0) is 37.6 Å². The van der Waals surface area contributed by atoms with Gasteiger partial charge < -0.3 is 5.32 Å². The average Bonchev–Trinajstić information content (AvgIpc) is 2.48. The van der Waals surface area contributed by atoms with E-state index in [1.807, 2.05) is 32.0 Å². The molecular weight excluding hydrogens is 344 g/mol. The van der Waals surface area contributed by atoms with Crippen molar-refractivity contribution in [2.75, 3.05) is 22.0 Å². The van der Waals surface area contributed by atoms with Gasteiger partial charge in [0.2, 0.25) is 15.9 Å². The van der Waals surface area contributed by atoms with Crippen molar-refractivity contribution in [3.63, 3.8) is 0 Å². The Morgan fingerprint density at radius 3 is 2.46 bits per heavy atom. The fourth-order valence-electron chi connectivity index (χ4n) is 2.16. The molecule has 0 saturated heterocycles. The van der Waals surface area contributed by atoms with Crippen LogP contribution in [0.3, 0.4) is 0 Å². The third-order valence-electron chi connectivity index (χ3n) is 3.20. The third kappa shape index (κ3) is 5.58. The van der Waals surface area contributed by atoms with Crippen molar-refractivity contribution in [3.05, 3.63) is 53.6 Å². The van der Waals surface area contributed by atoms with Crippen molar-refractivity contribution < 1.29 is 13.2 Å². The van der Waals surface area contributed by atoms with Crippen molar-refractivity contribution in [1.82, 2.24) is 0 Å². The first kappa shape index (κ1) is 18.4. The van der Waals surface area contributed by atoms with Crippen molar-refractivity contribution in [2.45, 2.75) is 18.7 Å². The zero-order valence-electron chi connectivity index (χ0n) is 13.8. The molecule has 0 aliphatic carbocycles. The summed E-state index contributed by atoms with van der Waals surface area (Å²) in [6.45, 7) is 3.95. The summed E-state index contributed by atoms with van der Waals surface area (Å²) in [5, 5.41) is 2.88. The molecule has 2 aromatic rings. The number of hydrogen-bond donors (Lipinski definition) is 2. The number of para-hydroxylation sites is 1. The van der Waals surface area contributed by atoms with Crippen molar-refractivity contribution in [1.29, 1.82) is 0 Å². The van der Waals surface area contributed by atoms with Crippen LogP contribution in [0, 0.1) is 13.8 Å². The van der Waals surface area contributed by atoms with Crippen LogP contribution in [-0.4, -0.2) is 26.3 Å². The molecule has 0 heterocycles. The van der Waals surface area contributed by atoms with Crippen LogP contribution in [0.4, 0.5) is 11.4 Å². The van der Waals surface area contributed by atoms with Gasteiger partial charge in [0.1, 0.15) is 0 Å². The van der Waals surface area contributed by atoms with Gasteiger partial charge in [0, 0.05) is 10.6 Å². The number of hydrogen-bond acceptors (Lipinski definition) is 4. The Kier molecular flexibility index (Phi) is 5.90. The zero-order chi connectivity index (χ0) is 17.7. The van der Waals surface area contributed by atoms with E-state index in [9.17, 15) is 13.2 Å². The maximum atomic E-state index is 12.1. The second-order valence-corrected chi connectivity index (χ2v) is 8.29. The van der Waals surface area contributed by atoms with Crippen LogP contribution >= 0.6 is 11.8 Å². The van der Waals surface area contributed by atoms with Gasteiger partial charge in [0.25, 0.3) is 0 Å². The van der Waals surface area contributed by atoms with Crippen molar-refractivity contribution in [3.8, 4) is 0 Å². The number of nitrogens with one attached hydrogen (secondary N) is 2. The summed E-state index contributed by atoms with van der Waals surface area (Å²) < 4.78 is 25.3. The van der Waals surface area contributed by atoms with Gasteiger partial charge in [-0.25, -0.2) is 8.42 Å². The Morgan fingerprint density at radius 1 is 1.08 bits per heavy atom. The summed E-state index contributed by atoms with van der Waals surface area (Å²) in [6, 6.07) is 12.8. The SMILES string of the molecule is Cc1ccc(NC(=O)CSc2ccccc2NS(C)(=O)=O)c(C)c1. The Labute approximate surface area is 146 Å². The molecule has 0 radical (unpaired) electrons. The van der Waals surface area contributed by atoms with Crippen LogP contribution in [0.15, 0.2) is 47.4 Å². The van der Waals surface area contributed by atoms with Gasteiger partial charge in [-0.1, -0.05) is 29.8 Å². The van der Waals surface area contributed by atoms with Crippen LogP contribution < -0.4 is 10.0 Å². The van der Waals surface area contributed by atoms with Gasteiger partial charge in [-0.2, -0.15) is 0 Å². The predicted molar refractivity (Wildman–Crippen MR) is 100 cm³/mol. The molecule has 24 heavy (non-hydrogen) atoms. The van der Waals surface area contributed by atoms with Crippen molar-refractivity contribution >= 4 is 39.1 Å². The summed E-state index contributed by atoms with van der Waals surface area (Å²) in [6.07, 6.45) is 1.10. The third-order valence-corrected chi connectivity index (χ3v) is 4.86. The quantitative estimate of drug-likeness (QED) is 0.770. The van der Waals surface area contributed by atoms with E-state index >= 15 is 0 Å². The highest BCUT2D eigenvalue weighted by Crippen LogP contribution is 2.28. The van der Waals surface area contributed by atoms with E-state index in [1.165, 1.54) is 11.8 Å². The first-order chi connectivity index (χ1) is 11.2. The minimum atomic E-state index is -3.36. The van der Waals surface area contributed by atoms with E-state index in [0.717, 1.165) is 23.1 Å². The lowest BCUT2D eigenvalue weighted by molar-refractivity contribution is -0.113. The van der Waals surface area contributed by atoms with E-state index in [2.05, 4.69) is 10.0 Å². The molecule has 0 atom stereocenters. The molecule has 0 aromatic heterocycles. The predicted octanol–water partition coefficient (Wildman–Crippen LogP) is 3.41. The van der Waals surface area contributed by atoms with Gasteiger partial charge in [0.15, 0.2) is 0 Å². The average molecular weight is 364 g/mol. The molecule has 7 heteroatoms. The Bertz CT molecular complexity index is 849. The number of thioether (sulfide) groups is 1. The number of anilines is 2. The van der Waals surface area contributed by atoms with E-state index in [-0.39, 0.29) is 11.7 Å². The minimum absolute atomic E-state index is 0.138. The molecular formula is C17H20N2O3S2. The molecule has 5 nitrogen and oxygen atoms in total. The molecule has 2 aromatic carbocycles. The van der Waals surface area contributed by atoms with Gasteiger partial charge in [-0.3, -0.25) is 9.52 Å². The highest BCUT2D eigenvalue weighted by molar-refractivity contribution is 8.00. The first-order valence-corrected chi connectivity index (χ1v) is 10.2. The second kappa shape index (κ2) is 7.72. The number of aryl methyl sites for hydroxylation is 2. The maximum Gasteiger partial charge on any atom is 0.234 e. The van der Waals surface area contributed by atoms with Crippen LogP contribution in [-0.2, 0) is 14.8 Å². The largest absolute Gasteiger partial charge is 0.325 e. The van der Waals surface area contributed by atoms with Crippen LogP contribution in [0.1, 0.15) is 11.1 Å². The smallest absolute Gasteiger partial charge is 0.234 e. The molecule has 2 N–H and O–H groups in total. The highest BCUT2D eigenvalue weighted by atomic mass is 32.2. The monoisotopic (exact) mass is 364 g/mol. The molecule has 128 valence electrons. The second-order valence-electron chi connectivity index (χ2n) is 5.53. The summed E-state index contributed by atoms with van der Waals surface area (Å²) in [4.78, 5) is 12.9. The van der Waals surface area contributed by atoms with E-state index in [1.54, 1.807) is 24.3 Å². The molecule has 0 saturated carbocycles. The zero-order valence-corrected chi connectivity index (χ0v) is 15.4. The fraction of sp³-hybridized carbons (Fsp3) is 0.235. The number of carbonyl (C=O) groups is 1. The van der Waals surface area contributed by atoms with E-state index < -0.39 is 10.0 Å². The van der Waals surface area contributed by atoms with Gasteiger partial charge in [0.05, 0.1) is 17.7 Å². The lowest BCUT2D eigenvalue weighted by Gasteiger charge is -2.11. The fourth-order valence-corrected chi connectivity index (χ4v) is 3.61. The normalized spacial score (nSPS) is 11.1. The lowest BCUT2D eigenvalue weighted by Crippen LogP contribution is -2.15. The molecule has 0 unspecified atom stereocenters. The number of amides is 1. The van der Waals surface area contributed by atoms with Crippen LogP contribution in [0.25, 0.3) is 0 Å². The summed E-state index contributed by atoms with van der Waals surface area (Å²) >= 11 is 1.29. The molecule has 0 aliphatic heterocycles. The number of rotatable bonds is 6. The summed E-state index contributed by atoms with van der Waals surface area (Å²) in [5.41, 5.74) is 3.41. The number of benzene rings is 2. The summed E-state index contributed by atoms with van der Waals surface area (Å²) in [7, 11) is -3.36. The molecule has 1 amide bonds. The van der Waals surface area contributed by atoms with E-state index in [0.29, 0.717) is 10.6 Å². The highest BCUT2D eigenvalue weighted by Gasteiger charge is 2.10. The topological polar surface area (TPSA) is 75.3 Å². The molecule has 0 fully saturated rings. The Morgan fingerprint density at radius 2 is 1.79 bits per heavy atom. The molecule has 0 spiro atoms. The number of sulfonamides is 1. The Hall–Kier alpha value is -1.99. The first-order valence-electron chi connectivity index (χ1n) is 7.31.